The first-order chi connectivity index (χ1) is 24.4. The summed E-state index contributed by atoms with van der Waals surface area (Å²) in [5, 5.41) is 12.1. The fourth-order valence-electron chi connectivity index (χ4n) is 6.85. The van der Waals surface area contributed by atoms with Gasteiger partial charge in [0.25, 0.3) is 8.32 Å². The quantitative estimate of drug-likeness (QED) is 0.112. The van der Waals surface area contributed by atoms with Crippen molar-refractivity contribution in [1.29, 1.82) is 0 Å². The highest BCUT2D eigenvalue weighted by Crippen LogP contribution is 2.38. The van der Waals surface area contributed by atoms with E-state index in [2.05, 4.69) is 45.0 Å². The van der Waals surface area contributed by atoms with E-state index in [4.69, 9.17) is 23.4 Å². The third-order valence-electron chi connectivity index (χ3n) is 9.26. The Hall–Kier alpha value is -4.64. The van der Waals surface area contributed by atoms with E-state index in [0.29, 0.717) is 18.8 Å². The lowest BCUT2D eigenvalue weighted by molar-refractivity contribution is 0.0465. The molecule has 3 atom stereocenters. The summed E-state index contributed by atoms with van der Waals surface area (Å²) in [4.78, 5) is 26.8. The van der Waals surface area contributed by atoms with Crippen molar-refractivity contribution in [2.75, 3.05) is 26.9 Å². The van der Waals surface area contributed by atoms with Gasteiger partial charge in [-0.2, -0.15) is 0 Å². The number of hydrogen-bond donors (Lipinski definition) is 1. The molecule has 4 aromatic rings. The molecule has 0 aromatic heterocycles. The van der Waals surface area contributed by atoms with Crippen molar-refractivity contribution < 1.29 is 38.1 Å². The molecule has 0 saturated carbocycles. The lowest BCUT2D eigenvalue weighted by atomic mass is 10.1. The molecule has 1 aliphatic rings. The molecule has 51 heavy (non-hydrogen) atoms. The van der Waals surface area contributed by atoms with Crippen molar-refractivity contribution >= 4 is 30.8 Å². The van der Waals surface area contributed by atoms with Crippen LogP contribution in [0.4, 0.5) is 4.79 Å². The summed E-state index contributed by atoms with van der Waals surface area (Å²) >= 11 is 0. The maximum atomic E-state index is 13.3. The number of likely N-dealkylation sites (tertiary alicyclic amines) is 1. The van der Waals surface area contributed by atoms with Crippen LogP contribution in [0.15, 0.2) is 103 Å². The zero-order valence-electron chi connectivity index (χ0n) is 30.3. The summed E-state index contributed by atoms with van der Waals surface area (Å²) in [6.45, 7) is 11.4. The Morgan fingerprint density at radius 1 is 0.902 bits per heavy atom. The summed E-state index contributed by atoms with van der Waals surface area (Å²) in [5.74, 6) is -0.0531. The third-order valence-corrected chi connectivity index (χ3v) is 14.3. The second-order valence-electron chi connectivity index (χ2n) is 14.1. The van der Waals surface area contributed by atoms with E-state index < -0.39 is 32.5 Å². The first-order valence-corrected chi connectivity index (χ1v) is 19.3. The van der Waals surface area contributed by atoms with Crippen LogP contribution in [-0.4, -0.2) is 75.5 Å². The maximum absolute atomic E-state index is 13.3. The average molecular weight is 712 g/mol. The van der Waals surface area contributed by atoms with Crippen molar-refractivity contribution in [3.8, 4) is 11.5 Å². The van der Waals surface area contributed by atoms with Gasteiger partial charge in [-0.15, -0.1) is 0 Å². The van der Waals surface area contributed by atoms with E-state index in [9.17, 15) is 14.7 Å². The van der Waals surface area contributed by atoms with Gasteiger partial charge in [0.05, 0.1) is 39.0 Å². The smallest absolute Gasteiger partial charge is 0.407 e. The van der Waals surface area contributed by atoms with Gasteiger partial charge in [0, 0.05) is 0 Å². The van der Waals surface area contributed by atoms with Gasteiger partial charge in [-0.05, 0) is 58.9 Å². The average Bonchev–Trinajstić information content (AvgIpc) is 3.54. The molecule has 270 valence electrons. The molecule has 1 amide bonds. The molecule has 1 saturated heterocycles. The number of carboxylic acid groups (broad SMARTS) is 1. The number of hydrogen-bond acceptors (Lipinski definition) is 7. The molecule has 1 heterocycles. The summed E-state index contributed by atoms with van der Waals surface area (Å²) in [6, 6.07) is 33.6. The molecule has 4 aromatic carbocycles. The predicted molar refractivity (Wildman–Crippen MR) is 200 cm³/mol. The van der Waals surface area contributed by atoms with E-state index >= 15 is 0 Å². The van der Waals surface area contributed by atoms with Gasteiger partial charge in [0.2, 0.25) is 0 Å². The molecule has 1 aliphatic heterocycles. The summed E-state index contributed by atoms with van der Waals surface area (Å²) in [6.07, 6.45) is -1.34. The van der Waals surface area contributed by atoms with Crippen LogP contribution in [0.25, 0.3) is 0 Å². The number of aryl methyl sites for hydroxylation is 1. The van der Waals surface area contributed by atoms with Gasteiger partial charge >= 0.3 is 12.1 Å². The lowest BCUT2D eigenvalue weighted by Crippen LogP contribution is -2.67. The minimum Gasteiger partial charge on any atom is -0.490 e. The number of methoxy groups -OCH3 is 1. The number of rotatable bonds is 14. The SMILES string of the molecule is COC(=O)c1c(OC[C@H]2C[C@H](OCc3ccccc3)CN2C(=O)O)cc(C)cc1OC(C)CO[Si](c1ccccc1)(c1ccccc1)C(C)(C)C. The normalized spacial score (nSPS) is 16.8. The molecular weight excluding hydrogens is 663 g/mol. The molecule has 0 radical (unpaired) electrons. The number of ether oxygens (including phenoxy) is 4. The number of carbonyl (C=O) groups excluding carboxylic acids is 1. The number of carbonyl (C=O) groups is 2. The van der Waals surface area contributed by atoms with Crippen molar-refractivity contribution in [3.05, 3.63) is 120 Å². The number of esters is 1. The Balaban J connectivity index is 1.35. The first-order valence-electron chi connectivity index (χ1n) is 17.4. The molecule has 0 aliphatic carbocycles. The molecular formula is C41H49NO8Si. The Kier molecular flexibility index (Phi) is 12.2. The highest BCUT2D eigenvalue weighted by atomic mass is 28.4. The van der Waals surface area contributed by atoms with Gasteiger partial charge in [-0.25, -0.2) is 9.59 Å². The molecule has 1 unspecified atom stereocenters. The Bertz CT molecular complexity index is 1710. The summed E-state index contributed by atoms with van der Waals surface area (Å²) in [5.41, 5.74) is 1.95. The van der Waals surface area contributed by atoms with E-state index in [1.807, 2.05) is 80.6 Å². The minimum absolute atomic E-state index is 0.0247. The molecule has 10 heteroatoms. The van der Waals surface area contributed by atoms with E-state index in [0.717, 1.165) is 21.5 Å². The van der Waals surface area contributed by atoms with Crippen molar-refractivity contribution in [2.45, 2.75) is 70.9 Å². The lowest BCUT2D eigenvalue weighted by Gasteiger charge is -2.43. The van der Waals surface area contributed by atoms with Crippen LogP contribution in [0.1, 0.15) is 55.6 Å². The fraction of sp³-hybridized carbons (Fsp3) is 0.366. The fourth-order valence-corrected chi connectivity index (χ4v) is 11.5. The van der Waals surface area contributed by atoms with Crippen molar-refractivity contribution in [1.82, 2.24) is 4.90 Å². The third kappa shape index (κ3) is 8.81. The largest absolute Gasteiger partial charge is 0.490 e. The number of benzene rings is 4. The monoisotopic (exact) mass is 711 g/mol. The van der Waals surface area contributed by atoms with Gasteiger partial charge < -0.3 is 28.5 Å². The summed E-state index contributed by atoms with van der Waals surface area (Å²) < 4.78 is 31.1. The van der Waals surface area contributed by atoms with Crippen LogP contribution >= 0.6 is 0 Å². The molecule has 1 fully saturated rings. The van der Waals surface area contributed by atoms with Gasteiger partial charge in [-0.3, -0.25) is 4.90 Å². The molecule has 0 spiro atoms. The second kappa shape index (κ2) is 16.6. The number of nitrogens with zero attached hydrogens (tertiary/aromatic N) is 1. The van der Waals surface area contributed by atoms with Crippen molar-refractivity contribution in [3.63, 3.8) is 0 Å². The van der Waals surface area contributed by atoms with Crippen LogP contribution in [0.5, 0.6) is 11.5 Å². The summed E-state index contributed by atoms with van der Waals surface area (Å²) in [7, 11) is -1.52. The predicted octanol–water partition coefficient (Wildman–Crippen LogP) is 6.84. The minimum atomic E-state index is -2.83. The maximum Gasteiger partial charge on any atom is 0.407 e. The van der Waals surface area contributed by atoms with E-state index in [1.54, 1.807) is 12.1 Å². The highest BCUT2D eigenvalue weighted by molar-refractivity contribution is 6.99. The van der Waals surface area contributed by atoms with Crippen LogP contribution in [0.3, 0.4) is 0 Å². The van der Waals surface area contributed by atoms with Gasteiger partial charge in [0.1, 0.15) is 29.8 Å². The second-order valence-corrected chi connectivity index (χ2v) is 18.4. The van der Waals surface area contributed by atoms with Crippen LogP contribution in [-0.2, 0) is 20.5 Å². The van der Waals surface area contributed by atoms with Crippen LogP contribution in [0, 0.1) is 6.92 Å². The van der Waals surface area contributed by atoms with Crippen LogP contribution in [0.2, 0.25) is 5.04 Å². The van der Waals surface area contributed by atoms with E-state index in [1.165, 1.54) is 12.0 Å². The van der Waals surface area contributed by atoms with Gasteiger partial charge in [0.15, 0.2) is 0 Å². The Labute approximate surface area is 302 Å². The van der Waals surface area contributed by atoms with Crippen LogP contribution < -0.4 is 19.8 Å². The Morgan fingerprint density at radius 3 is 2.02 bits per heavy atom. The van der Waals surface area contributed by atoms with Crippen molar-refractivity contribution in [2.24, 2.45) is 0 Å². The standard InChI is InChI=1S/C41H49NO8Si/c1-29-22-36(48-28-32-24-33(25-42(32)40(44)45)47-27-31-16-10-7-11-17-31)38(39(43)46-6)37(23-29)50-30(2)26-49-51(41(3,4)5,34-18-12-8-13-19-34)35-20-14-9-15-21-35/h7-23,30,32-33H,24-28H2,1-6H3,(H,44,45)/t30?,32-,33+/m1/s1. The molecule has 0 bridgehead atoms. The Morgan fingerprint density at radius 2 is 1.47 bits per heavy atom. The van der Waals surface area contributed by atoms with E-state index in [-0.39, 0.29) is 42.2 Å². The molecule has 1 N–H and O–H groups in total. The van der Waals surface area contributed by atoms with Gasteiger partial charge in [-0.1, -0.05) is 112 Å². The first kappa shape index (κ1) is 37.6. The molecule has 5 rings (SSSR count). The zero-order chi connectivity index (χ0) is 36.6. The molecule has 9 nitrogen and oxygen atoms in total. The number of amides is 1. The zero-order valence-corrected chi connectivity index (χ0v) is 31.3. The topological polar surface area (TPSA) is 104 Å². The highest BCUT2D eigenvalue weighted by Gasteiger charge is 2.50.